The Morgan fingerprint density at radius 1 is 0.622 bits per heavy atom. The van der Waals surface area contributed by atoms with Gasteiger partial charge < -0.3 is 153 Å². The number of fused-ring (bicyclic) bond motifs is 4. The number of ether oxygens (including phenoxy) is 13. The van der Waals surface area contributed by atoms with Crippen molar-refractivity contribution in [2.24, 2.45) is 40.3 Å². The van der Waals surface area contributed by atoms with Crippen LogP contribution in [0.5, 0.6) is 0 Å². The molecule has 0 spiro atoms. The zero-order valence-corrected chi connectivity index (χ0v) is 54.4. The largest absolute Gasteiger partial charge is 0.445 e. The lowest BCUT2D eigenvalue weighted by Gasteiger charge is -2.51. The lowest BCUT2D eigenvalue weighted by atomic mass is 9.87. The Kier molecular flexibility index (Phi) is 27.8. The van der Waals surface area contributed by atoms with Gasteiger partial charge in [0.2, 0.25) is 0 Å². The predicted octanol–water partition coefficient (Wildman–Crippen LogP) is -4.09. The van der Waals surface area contributed by atoms with E-state index in [1.807, 2.05) is 67.6 Å². The number of likely N-dealkylation sites (N-methyl/N-ethyl adjacent to an activating group) is 2. The van der Waals surface area contributed by atoms with Crippen molar-refractivity contribution in [3.63, 3.8) is 0 Å². The van der Waals surface area contributed by atoms with Crippen LogP contribution in [0.1, 0.15) is 65.4 Å². The minimum absolute atomic E-state index is 0. The summed E-state index contributed by atoms with van der Waals surface area (Å²) in [5, 5.41) is 85.5. The molecule has 30 atom stereocenters. The lowest BCUT2D eigenvalue weighted by molar-refractivity contribution is -0.372. The predicted molar refractivity (Wildman–Crippen MR) is 345 cm³/mol. The molecule has 7 aliphatic heterocycles. The van der Waals surface area contributed by atoms with Crippen LogP contribution >= 0.6 is 0 Å². The summed E-state index contributed by atoms with van der Waals surface area (Å²) in [6, 6.07) is 12.6. The van der Waals surface area contributed by atoms with Gasteiger partial charge in [0.25, 0.3) is 0 Å². The van der Waals surface area contributed by atoms with Crippen LogP contribution in [0.3, 0.4) is 0 Å². The molecule has 0 radical (unpaired) electrons. The molecule has 2 aromatic rings. The number of alkyl carbamates (subject to hydrolysis) is 2. The highest BCUT2D eigenvalue weighted by Crippen LogP contribution is 2.43. The molecule has 1 saturated carbocycles. The summed E-state index contributed by atoms with van der Waals surface area (Å²) in [6.45, 7) is 1.40. The first-order valence-electron chi connectivity index (χ1n) is 33.2. The van der Waals surface area contributed by atoms with Gasteiger partial charge in [-0.05, 0) is 56.7 Å². The van der Waals surface area contributed by atoms with E-state index >= 15 is 0 Å². The van der Waals surface area contributed by atoms with Gasteiger partial charge >= 0.3 is 18.3 Å². The van der Waals surface area contributed by atoms with Crippen molar-refractivity contribution < 1.29 is 113 Å². The number of amides is 3. The summed E-state index contributed by atoms with van der Waals surface area (Å²) in [5.41, 5.74) is 37.6. The van der Waals surface area contributed by atoms with Gasteiger partial charge in [0.05, 0.1) is 73.9 Å². The molecule has 7 saturated heterocycles. The second kappa shape index (κ2) is 35.2. The Hall–Kier alpha value is -5.01. The fourth-order valence-electron chi connectivity index (χ4n) is 13.8. The Morgan fingerprint density at radius 3 is 1.84 bits per heavy atom. The molecule has 7 heterocycles. The molecule has 23 N–H and O–H groups in total. The van der Waals surface area contributed by atoms with E-state index in [4.69, 9.17) is 96.0 Å². The molecule has 11 rings (SSSR count). The van der Waals surface area contributed by atoms with Crippen molar-refractivity contribution in [2.75, 3.05) is 40.4 Å². The molecule has 34 heteroatoms. The van der Waals surface area contributed by atoms with Crippen LogP contribution in [0, 0.1) is 5.92 Å². The quantitative estimate of drug-likeness (QED) is 0.0417. The Morgan fingerprint density at radius 2 is 1.21 bits per heavy atom. The van der Waals surface area contributed by atoms with Gasteiger partial charge in [0.15, 0.2) is 43.8 Å². The Labute approximate surface area is 570 Å². The van der Waals surface area contributed by atoms with Crippen molar-refractivity contribution >= 4 is 18.3 Å². The van der Waals surface area contributed by atoms with E-state index in [0.717, 1.165) is 17.5 Å². The van der Waals surface area contributed by atoms with E-state index < -0.39 is 191 Å². The molecule has 8 fully saturated rings. The third-order valence-corrected chi connectivity index (χ3v) is 19.4. The van der Waals surface area contributed by atoms with Gasteiger partial charge in [-0.3, -0.25) is 4.90 Å². The summed E-state index contributed by atoms with van der Waals surface area (Å²) < 4.78 is 78.1. The normalized spacial score (nSPS) is 41.4. The summed E-state index contributed by atoms with van der Waals surface area (Å²) in [4.78, 5) is 40.1. The average Bonchev–Trinajstić information content (AvgIpc) is 1.67. The number of hydrogen-bond acceptors (Lipinski definition) is 31. The number of aliphatic hydroxyl groups is 7. The van der Waals surface area contributed by atoms with Crippen LogP contribution in [-0.2, 0) is 74.8 Å². The fourth-order valence-corrected chi connectivity index (χ4v) is 13.8. The van der Waals surface area contributed by atoms with Gasteiger partial charge in [0.1, 0.15) is 74.2 Å². The number of carbonyl (C=O) groups is 3. The topological polar surface area (TPSA) is 520 Å². The molecule has 98 heavy (non-hydrogen) atoms. The number of nitrogens with one attached hydrogen (secondary N) is 4. The molecule has 0 aromatic heterocycles. The van der Waals surface area contributed by atoms with Crippen LogP contribution in [0.2, 0.25) is 0 Å². The number of rotatable bonds is 21. The summed E-state index contributed by atoms with van der Waals surface area (Å²) in [7, 11) is 3.12. The monoisotopic (exact) mass is 1400 g/mol. The molecule has 9 aliphatic rings. The van der Waals surface area contributed by atoms with Crippen molar-refractivity contribution in [3.05, 3.63) is 83.9 Å². The van der Waals surface area contributed by atoms with Gasteiger partial charge in [0, 0.05) is 45.6 Å². The van der Waals surface area contributed by atoms with Crippen LogP contribution in [-0.4, -0.2) is 283 Å². The third kappa shape index (κ3) is 18.2. The van der Waals surface area contributed by atoms with E-state index in [0.29, 0.717) is 25.7 Å². The maximum Gasteiger partial charge on any atom is 0.410 e. The highest BCUT2D eigenvalue weighted by Gasteiger charge is 2.61. The summed E-state index contributed by atoms with van der Waals surface area (Å²) in [6.07, 6.45) is -16.0. The first-order valence-corrected chi connectivity index (χ1v) is 33.2. The molecule has 0 bridgehead atoms. The fraction of sp³-hybridized carbons (Fsp3) is 0.734. The van der Waals surface area contributed by atoms with E-state index in [2.05, 4.69) is 21.3 Å². The second-order valence-corrected chi connectivity index (χ2v) is 26.3. The summed E-state index contributed by atoms with van der Waals surface area (Å²) >= 11 is 0. The van der Waals surface area contributed by atoms with Gasteiger partial charge in [-0.25, -0.2) is 14.4 Å². The number of benzene rings is 2. The van der Waals surface area contributed by atoms with Gasteiger partial charge in [-0.15, -0.1) is 0 Å². The molecule has 16 unspecified atom stereocenters. The Bertz CT molecular complexity index is 2840. The minimum atomic E-state index is -1.57. The SMILES string of the molecule is C.CC1C[C@@H]2OC(O[C@H]3OC(CO)[C@@H](N)[C@H](O)C3O)C3C(OC(=O)N3C)C2O[C@@H]1O[C@H]1C=C[C@H](NC(=O)OCc2ccccc2)CC1NC(=O)OCc1ccccc1.CNC1C(O[C@H]2OC(CO)[C@@H](NC(CN)CN)[C@H](O)C2O)O[C@H]2CC(N)[C@@H](O[C@H]3CC[C@H](N)CC3N)OC2C1O.[3HH]. The standard InChI is InChI=1S/C39H50N4O14.C24H49N7O9.CH4.H2/c1-20-15-26-32(33-29(43(2)39(49)56-33)35(53-26)57-36-31(46)30(45)28(40)27(17-44)54-36)55-34(20)52-25-14-13-23(41-37(47)50-18-21-9-5-3-6-10-21)16-24(25)42-38(48)51-19-22-11-7-4-8-12-22;1-30-17-19(34)21-14(5-12(29)22(39-21)36-13-3-2-9(27)4-11(13)28)37-23(17)40-24-20(35)18(33)16(15(8-32)38-24)31-10(6-25)7-26;;/h3-14,20,23-36,44-46H,15-19,40H2,1-2H3,(H,41,47)(H,42,48);9-24,30-35H,2-8,25-29H2,1H3;1H4;1H/t20?,23-,24?,25-,26-,27?,28+,29?,30-,31?,32?,33?,34-,35?,36+;9-,11?,12?,13-,14-,15?,16+,17?,18-,19?,20?,21?,22-,23?,24+;;/m00../s1/i;;;1+2. The number of nitrogens with zero attached hydrogens (tertiary/aromatic N) is 1. The molecule has 3 amide bonds. The van der Waals surface area contributed by atoms with Crippen molar-refractivity contribution in [2.45, 2.75) is 250 Å². The smallest absolute Gasteiger partial charge is 0.410 e. The number of aliphatic hydroxyl groups excluding tert-OH is 7. The number of hydrogen-bond donors (Lipinski definition) is 17. The molecule has 34 nitrogen and oxygen atoms in total. The Balaban J connectivity index is 0.000000263. The van der Waals surface area contributed by atoms with Gasteiger partial charge in [-0.1, -0.05) is 87.2 Å². The zero-order chi connectivity index (χ0) is 69.4. The van der Waals surface area contributed by atoms with Crippen molar-refractivity contribution in [3.8, 4) is 0 Å². The van der Waals surface area contributed by atoms with Crippen LogP contribution in [0.25, 0.3) is 0 Å². The third-order valence-electron chi connectivity index (χ3n) is 19.4. The van der Waals surface area contributed by atoms with E-state index in [1.165, 1.54) is 11.9 Å². The second-order valence-electron chi connectivity index (χ2n) is 26.3. The van der Waals surface area contributed by atoms with E-state index in [9.17, 15) is 50.1 Å². The zero-order valence-electron chi connectivity index (χ0n) is 54.4. The van der Waals surface area contributed by atoms with Crippen molar-refractivity contribution in [1.29, 1.82) is 0 Å². The first-order chi connectivity index (χ1) is 46.6. The molecule has 2 aromatic carbocycles. The molecule has 2 aliphatic carbocycles. The van der Waals surface area contributed by atoms with Crippen LogP contribution in [0.15, 0.2) is 72.8 Å². The highest BCUT2D eigenvalue weighted by atomic mass is 16.8. The first kappa shape index (κ1) is 77.2. The molecule has 554 valence electrons. The molecular weight excluding hydrogens is 1290 g/mol. The van der Waals surface area contributed by atoms with Crippen LogP contribution < -0.4 is 55.7 Å². The lowest BCUT2D eigenvalue weighted by Crippen LogP contribution is -2.70. The van der Waals surface area contributed by atoms with Gasteiger partial charge in [-0.2, -0.15) is 0 Å². The maximum absolute atomic E-state index is 13.1. The highest BCUT2D eigenvalue weighted by molar-refractivity contribution is 5.71. The van der Waals surface area contributed by atoms with E-state index in [1.54, 1.807) is 19.2 Å². The van der Waals surface area contributed by atoms with Crippen molar-refractivity contribution in [1.82, 2.24) is 26.2 Å². The van der Waals surface area contributed by atoms with E-state index in [-0.39, 0.29) is 71.7 Å². The number of nitrogens with two attached hydrogens (primary N) is 6. The van der Waals surface area contributed by atoms with Crippen LogP contribution in [0.4, 0.5) is 14.4 Å². The number of carbonyl (C=O) groups excluding carboxylic acids is 3. The maximum atomic E-state index is 13.1. The molecular formula is C64H105N11O23. The summed E-state index contributed by atoms with van der Waals surface area (Å²) in [5.74, 6) is -0.295. The average molecular weight is 1400 g/mol. The minimum Gasteiger partial charge on any atom is -0.445 e.